The normalized spacial score (nSPS) is 11.8. The van der Waals surface area contributed by atoms with Crippen LogP contribution in [-0.4, -0.2) is 25.5 Å². The fourth-order valence-electron chi connectivity index (χ4n) is 3.32. The third-order valence-electron chi connectivity index (χ3n) is 4.83. The molecule has 0 bridgehead atoms. The number of ether oxygens (including phenoxy) is 1. The number of rotatable bonds is 7. The van der Waals surface area contributed by atoms with E-state index in [1.165, 1.54) is 29.5 Å². The number of thiazole rings is 1. The van der Waals surface area contributed by atoms with Crippen molar-refractivity contribution in [3.8, 4) is 18.1 Å². The minimum absolute atomic E-state index is 0.128. The van der Waals surface area contributed by atoms with E-state index in [2.05, 4.69) is 15.6 Å². The van der Waals surface area contributed by atoms with Gasteiger partial charge < -0.3 is 9.30 Å². The highest BCUT2D eigenvalue weighted by atomic mass is 32.2. The number of aromatic nitrogens is 1. The average molecular weight is 492 g/mol. The maximum absolute atomic E-state index is 13.0. The van der Waals surface area contributed by atoms with Gasteiger partial charge in [0.05, 0.1) is 28.3 Å². The largest absolute Gasteiger partial charge is 0.494 e. The summed E-state index contributed by atoms with van der Waals surface area (Å²) in [4.78, 5) is 17.8. The van der Waals surface area contributed by atoms with Crippen LogP contribution in [0.25, 0.3) is 10.2 Å². The SMILES string of the molecule is C#CCn1c(=NC(=O)c2cccc(NS(=O)(=O)c3ccccc3)c2)sc2cc(OCC)ccc21. The Morgan fingerprint density at radius 2 is 1.91 bits per heavy atom. The van der Waals surface area contributed by atoms with E-state index in [0.717, 1.165) is 16.0 Å². The number of terminal acetylenes is 1. The van der Waals surface area contributed by atoms with Crippen molar-refractivity contribution >= 4 is 43.2 Å². The molecular weight excluding hydrogens is 470 g/mol. The molecule has 3 aromatic carbocycles. The summed E-state index contributed by atoms with van der Waals surface area (Å²) in [6, 6.07) is 19.8. The van der Waals surface area contributed by atoms with Gasteiger partial charge in [0.25, 0.3) is 15.9 Å². The zero-order chi connectivity index (χ0) is 24.1. The van der Waals surface area contributed by atoms with Gasteiger partial charge in [-0.15, -0.1) is 6.42 Å². The molecule has 0 aliphatic heterocycles. The summed E-state index contributed by atoms with van der Waals surface area (Å²) in [5, 5.41) is 0. The van der Waals surface area contributed by atoms with Gasteiger partial charge >= 0.3 is 0 Å². The molecule has 0 unspecified atom stereocenters. The number of benzene rings is 3. The van der Waals surface area contributed by atoms with Crippen molar-refractivity contribution in [2.75, 3.05) is 11.3 Å². The van der Waals surface area contributed by atoms with Crippen LogP contribution in [0.1, 0.15) is 17.3 Å². The molecule has 7 nitrogen and oxygen atoms in total. The molecule has 1 heterocycles. The Labute approximate surface area is 201 Å². The van der Waals surface area contributed by atoms with Crippen LogP contribution in [0.15, 0.2) is 82.7 Å². The summed E-state index contributed by atoms with van der Waals surface area (Å²) in [5.74, 6) is 2.81. The number of sulfonamides is 1. The molecule has 0 spiro atoms. The molecular formula is C25H21N3O4S2. The molecule has 1 amide bonds. The smallest absolute Gasteiger partial charge is 0.279 e. The van der Waals surface area contributed by atoms with Gasteiger partial charge in [-0.2, -0.15) is 4.99 Å². The van der Waals surface area contributed by atoms with Gasteiger partial charge in [-0.05, 0) is 55.5 Å². The monoisotopic (exact) mass is 491 g/mol. The summed E-state index contributed by atoms with van der Waals surface area (Å²) in [5.41, 5.74) is 1.36. The molecule has 1 N–H and O–H groups in total. The van der Waals surface area contributed by atoms with E-state index >= 15 is 0 Å². The number of carbonyl (C=O) groups excluding carboxylic acids is 1. The van der Waals surface area contributed by atoms with Crippen molar-refractivity contribution < 1.29 is 17.9 Å². The van der Waals surface area contributed by atoms with Crippen LogP contribution in [-0.2, 0) is 16.6 Å². The van der Waals surface area contributed by atoms with Crippen LogP contribution < -0.4 is 14.3 Å². The molecule has 4 rings (SSSR count). The zero-order valence-corrected chi connectivity index (χ0v) is 19.9. The minimum atomic E-state index is -3.78. The van der Waals surface area contributed by atoms with Gasteiger partial charge in [0, 0.05) is 11.3 Å². The number of nitrogens with one attached hydrogen (secondary N) is 1. The second-order valence-electron chi connectivity index (χ2n) is 7.15. The van der Waals surface area contributed by atoms with E-state index in [1.807, 2.05) is 25.1 Å². The number of hydrogen-bond donors (Lipinski definition) is 1. The quantitative estimate of drug-likeness (QED) is 0.391. The van der Waals surface area contributed by atoms with E-state index in [-0.39, 0.29) is 22.7 Å². The van der Waals surface area contributed by atoms with Crippen molar-refractivity contribution in [3.63, 3.8) is 0 Å². The first kappa shape index (κ1) is 23.3. The predicted octanol–water partition coefficient (Wildman–Crippen LogP) is 4.28. The Hall–Kier alpha value is -3.87. The van der Waals surface area contributed by atoms with Gasteiger partial charge in [-0.1, -0.05) is 41.5 Å². The molecule has 0 aliphatic rings. The Morgan fingerprint density at radius 1 is 1.12 bits per heavy atom. The molecule has 0 fully saturated rings. The second kappa shape index (κ2) is 9.95. The molecule has 0 atom stereocenters. The lowest BCUT2D eigenvalue weighted by Crippen LogP contribution is -2.17. The zero-order valence-electron chi connectivity index (χ0n) is 18.3. The van der Waals surface area contributed by atoms with Gasteiger partial charge in [-0.3, -0.25) is 9.52 Å². The minimum Gasteiger partial charge on any atom is -0.494 e. The molecule has 0 aliphatic carbocycles. The van der Waals surface area contributed by atoms with E-state index in [9.17, 15) is 13.2 Å². The van der Waals surface area contributed by atoms with Crippen LogP contribution in [0.3, 0.4) is 0 Å². The number of carbonyl (C=O) groups is 1. The number of nitrogens with zero attached hydrogens (tertiary/aromatic N) is 2. The molecule has 4 aromatic rings. The van der Waals surface area contributed by atoms with Crippen LogP contribution in [0, 0.1) is 12.3 Å². The van der Waals surface area contributed by atoms with Crippen LogP contribution in [0.2, 0.25) is 0 Å². The van der Waals surface area contributed by atoms with Crippen molar-refractivity contribution in [1.29, 1.82) is 0 Å². The van der Waals surface area contributed by atoms with Crippen molar-refractivity contribution in [3.05, 3.63) is 83.2 Å². The highest BCUT2D eigenvalue weighted by molar-refractivity contribution is 7.92. The second-order valence-corrected chi connectivity index (χ2v) is 9.85. The summed E-state index contributed by atoms with van der Waals surface area (Å²) < 4.78 is 36.0. The van der Waals surface area contributed by atoms with Gasteiger partial charge in [-0.25, -0.2) is 8.42 Å². The van der Waals surface area contributed by atoms with E-state index in [4.69, 9.17) is 11.2 Å². The first-order chi connectivity index (χ1) is 16.4. The maximum atomic E-state index is 13.0. The first-order valence-corrected chi connectivity index (χ1v) is 12.7. The molecule has 172 valence electrons. The predicted molar refractivity (Wildman–Crippen MR) is 133 cm³/mol. The molecule has 9 heteroatoms. The van der Waals surface area contributed by atoms with Crippen LogP contribution >= 0.6 is 11.3 Å². The Kier molecular flexibility index (Phi) is 6.82. The topological polar surface area (TPSA) is 89.8 Å². The molecule has 1 aromatic heterocycles. The third-order valence-corrected chi connectivity index (χ3v) is 7.27. The maximum Gasteiger partial charge on any atom is 0.279 e. The van der Waals surface area contributed by atoms with Gasteiger partial charge in [0.2, 0.25) is 0 Å². The van der Waals surface area contributed by atoms with Gasteiger partial charge in [0.15, 0.2) is 4.80 Å². The Morgan fingerprint density at radius 3 is 2.65 bits per heavy atom. The standard InChI is InChI=1S/C25H21N3O4S2/c1-3-15-28-22-14-13-20(32-4-2)17-23(22)33-25(28)26-24(29)18-9-8-10-19(16-18)27-34(30,31)21-11-6-5-7-12-21/h1,5-14,16-17,27H,4,15H2,2H3. The highest BCUT2D eigenvalue weighted by Crippen LogP contribution is 2.24. The molecule has 0 radical (unpaired) electrons. The molecule has 0 saturated carbocycles. The lowest BCUT2D eigenvalue weighted by atomic mass is 10.2. The van der Waals surface area contributed by atoms with E-state index in [0.29, 0.717) is 11.4 Å². The van der Waals surface area contributed by atoms with Gasteiger partial charge in [0.1, 0.15) is 5.75 Å². The highest BCUT2D eigenvalue weighted by Gasteiger charge is 2.15. The average Bonchev–Trinajstić information content (AvgIpc) is 3.16. The van der Waals surface area contributed by atoms with Crippen molar-refractivity contribution in [2.45, 2.75) is 18.4 Å². The van der Waals surface area contributed by atoms with Crippen LogP contribution in [0.5, 0.6) is 5.75 Å². The fraction of sp³-hybridized carbons (Fsp3) is 0.120. The van der Waals surface area contributed by atoms with E-state index < -0.39 is 15.9 Å². The lowest BCUT2D eigenvalue weighted by Gasteiger charge is -2.08. The Bertz CT molecular complexity index is 1560. The summed E-state index contributed by atoms with van der Waals surface area (Å²) in [6.45, 7) is 2.70. The summed E-state index contributed by atoms with van der Waals surface area (Å²) >= 11 is 1.33. The number of amides is 1. The molecule has 0 saturated heterocycles. The number of fused-ring (bicyclic) bond motifs is 1. The van der Waals surface area contributed by atoms with Crippen molar-refractivity contribution in [2.24, 2.45) is 4.99 Å². The fourth-order valence-corrected chi connectivity index (χ4v) is 5.45. The van der Waals surface area contributed by atoms with E-state index in [1.54, 1.807) is 41.0 Å². The first-order valence-electron chi connectivity index (χ1n) is 10.4. The van der Waals surface area contributed by atoms with Crippen molar-refractivity contribution in [1.82, 2.24) is 4.57 Å². The van der Waals surface area contributed by atoms with Crippen LogP contribution in [0.4, 0.5) is 5.69 Å². The number of anilines is 1. The third kappa shape index (κ3) is 5.03. The summed E-state index contributed by atoms with van der Waals surface area (Å²) in [6.07, 6.45) is 5.54. The molecule has 34 heavy (non-hydrogen) atoms. The Balaban J connectivity index is 1.68. The number of hydrogen-bond acceptors (Lipinski definition) is 5. The summed E-state index contributed by atoms with van der Waals surface area (Å²) in [7, 11) is -3.78. The lowest BCUT2D eigenvalue weighted by molar-refractivity contribution is 0.0998.